The molecule has 2 atom stereocenters. The van der Waals surface area contributed by atoms with Gasteiger partial charge in [0.1, 0.15) is 0 Å². The van der Waals surface area contributed by atoms with Crippen LogP contribution in [0.25, 0.3) is 0 Å². The van der Waals surface area contributed by atoms with Crippen LogP contribution in [0.15, 0.2) is 30.3 Å². The molecule has 0 radical (unpaired) electrons. The molecule has 0 aliphatic carbocycles. The van der Waals surface area contributed by atoms with Crippen LogP contribution in [-0.4, -0.2) is 29.3 Å². The molecule has 0 heterocycles. The summed E-state index contributed by atoms with van der Waals surface area (Å²) in [5.74, 6) is 0.110. The average molecular weight is 347 g/mol. The standard InChI is InChI=1S/C21H34N2O2/c1-7-16(2)23(20(25)15-21(4,5)6)14-13-19(24)22-17(3)18-11-9-8-10-12-18/h8-12,16-17H,7,13-15H2,1-6H3,(H,22,24). The molecule has 0 bridgehead atoms. The molecule has 1 aromatic rings. The van der Waals surface area contributed by atoms with Crippen molar-refractivity contribution in [3.63, 3.8) is 0 Å². The van der Waals surface area contributed by atoms with Crippen molar-refractivity contribution in [3.05, 3.63) is 35.9 Å². The van der Waals surface area contributed by atoms with Crippen molar-refractivity contribution in [3.8, 4) is 0 Å². The van der Waals surface area contributed by atoms with E-state index in [1.807, 2.05) is 49.1 Å². The van der Waals surface area contributed by atoms with Crippen LogP contribution in [0.2, 0.25) is 0 Å². The smallest absolute Gasteiger partial charge is 0.223 e. The Kier molecular flexibility index (Phi) is 8.14. The Bertz CT molecular complexity index is 549. The quantitative estimate of drug-likeness (QED) is 0.762. The fourth-order valence-electron chi connectivity index (χ4n) is 2.73. The van der Waals surface area contributed by atoms with E-state index in [0.717, 1.165) is 12.0 Å². The Hall–Kier alpha value is -1.84. The number of nitrogens with zero attached hydrogens (tertiary/aromatic N) is 1. The Morgan fingerprint density at radius 1 is 1.12 bits per heavy atom. The normalized spacial score (nSPS) is 13.8. The lowest BCUT2D eigenvalue weighted by Gasteiger charge is -2.31. The summed E-state index contributed by atoms with van der Waals surface area (Å²) in [5.41, 5.74) is 1.03. The second-order valence-corrected chi connectivity index (χ2v) is 8.03. The first-order valence-corrected chi connectivity index (χ1v) is 9.28. The van der Waals surface area contributed by atoms with Crippen LogP contribution in [0.1, 0.15) is 72.4 Å². The topological polar surface area (TPSA) is 49.4 Å². The summed E-state index contributed by atoms with van der Waals surface area (Å²) >= 11 is 0. The van der Waals surface area contributed by atoms with Gasteiger partial charge >= 0.3 is 0 Å². The largest absolute Gasteiger partial charge is 0.350 e. The highest BCUT2D eigenvalue weighted by Crippen LogP contribution is 2.21. The van der Waals surface area contributed by atoms with Crippen LogP contribution in [0, 0.1) is 5.41 Å². The molecule has 1 N–H and O–H groups in total. The molecule has 0 saturated carbocycles. The van der Waals surface area contributed by atoms with Gasteiger partial charge in [-0.3, -0.25) is 9.59 Å². The maximum absolute atomic E-state index is 12.6. The Morgan fingerprint density at radius 3 is 2.24 bits per heavy atom. The van der Waals surface area contributed by atoms with Gasteiger partial charge in [-0.25, -0.2) is 0 Å². The fourth-order valence-corrected chi connectivity index (χ4v) is 2.73. The van der Waals surface area contributed by atoms with Gasteiger partial charge in [0, 0.05) is 25.4 Å². The average Bonchev–Trinajstić information content (AvgIpc) is 2.53. The second kappa shape index (κ2) is 9.59. The summed E-state index contributed by atoms with van der Waals surface area (Å²) in [5, 5.41) is 3.02. The van der Waals surface area contributed by atoms with Gasteiger partial charge in [0.2, 0.25) is 11.8 Å². The van der Waals surface area contributed by atoms with Gasteiger partial charge in [-0.05, 0) is 31.2 Å². The van der Waals surface area contributed by atoms with Crippen molar-refractivity contribution < 1.29 is 9.59 Å². The molecule has 1 rings (SSSR count). The number of hydrogen-bond acceptors (Lipinski definition) is 2. The lowest BCUT2D eigenvalue weighted by atomic mass is 9.91. The molecule has 4 nitrogen and oxygen atoms in total. The molecule has 0 saturated heterocycles. The van der Waals surface area contributed by atoms with E-state index in [4.69, 9.17) is 0 Å². The van der Waals surface area contributed by atoms with E-state index in [1.165, 1.54) is 0 Å². The molecular formula is C21H34N2O2. The first kappa shape index (κ1) is 21.2. The predicted molar refractivity (Wildman–Crippen MR) is 103 cm³/mol. The number of amides is 2. The summed E-state index contributed by atoms with van der Waals surface area (Å²) in [6, 6.07) is 10.0. The number of rotatable bonds is 8. The minimum absolute atomic E-state index is 0.0202. The van der Waals surface area contributed by atoms with Gasteiger partial charge in [-0.15, -0.1) is 0 Å². The molecule has 0 spiro atoms. The van der Waals surface area contributed by atoms with Gasteiger partial charge in [-0.2, -0.15) is 0 Å². The van der Waals surface area contributed by atoms with Gasteiger partial charge in [-0.1, -0.05) is 58.0 Å². The minimum Gasteiger partial charge on any atom is -0.350 e. The molecule has 2 amide bonds. The Morgan fingerprint density at radius 2 is 1.72 bits per heavy atom. The van der Waals surface area contributed by atoms with E-state index < -0.39 is 0 Å². The van der Waals surface area contributed by atoms with E-state index in [0.29, 0.717) is 19.4 Å². The molecule has 4 heteroatoms. The number of carbonyl (C=O) groups is 2. The lowest BCUT2D eigenvalue weighted by molar-refractivity contribution is -0.135. The molecule has 0 aliphatic heterocycles. The third-order valence-corrected chi connectivity index (χ3v) is 4.38. The minimum atomic E-state index is -0.0487. The predicted octanol–water partition coefficient (Wildman–Crippen LogP) is 4.32. The second-order valence-electron chi connectivity index (χ2n) is 8.03. The summed E-state index contributed by atoms with van der Waals surface area (Å²) in [4.78, 5) is 26.8. The maximum Gasteiger partial charge on any atom is 0.223 e. The number of benzene rings is 1. The molecule has 0 aliphatic rings. The van der Waals surface area contributed by atoms with E-state index >= 15 is 0 Å². The van der Waals surface area contributed by atoms with Gasteiger partial charge in [0.25, 0.3) is 0 Å². The Balaban J connectivity index is 2.60. The fraction of sp³-hybridized carbons (Fsp3) is 0.619. The van der Waals surface area contributed by atoms with Crippen molar-refractivity contribution >= 4 is 11.8 Å². The highest BCUT2D eigenvalue weighted by Gasteiger charge is 2.24. The van der Waals surface area contributed by atoms with Gasteiger partial charge in [0.15, 0.2) is 0 Å². The summed E-state index contributed by atoms with van der Waals surface area (Å²) in [6.07, 6.45) is 1.72. The summed E-state index contributed by atoms with van der Waals surface area (Å²) in [6.45, 7) is 12.8. The SMILES string of the molecule is CCC(C)N(CCC(=O)NC(C)c1ccccc1)C(=O)CC(C)(C)C. The van der Waals surface area contributed by atoms with E-state index in [-0.39, 0.29) is 29.3 Å². The highest BCUT2D eigenvalue weighted by molar-refractivity contribution is 5.79. The van der Waals surface area contributed by atoms with Gasteiger partial charge < -0.3 is 10.2 Å². The third kappa shape index (κ3) is 7.72. The van der Waals surface area contributed by atoms with Crippen LogP contribution in [0.3, 0.4) is 0 Å². The molecular weight excluding hydrogens is 312 g/mol. The van der Waals surface area contributed by atoms with Crippen molar-refractivity contribution in [2.24, 2.45) is 5.41 Å². The van der Waals surface area contributed by atoms with Crippen LogP contribution in [0.5, 0.6) is 0 Å². The van der Waals surface area contributed by atoms with Crippen molar-refractivity contribution in [1.82, 2.24) is 10.2 Å². The van der Waals surface area contributed by atoms with Crippen molar-refractivity contribution in [2.45, 2.75) is 72.9 Å². The summed E-state index contributed by atoms with van der Waals surface area (Å²) in [7, 11) is 0. The lowest BCUT2D eigenvalue weighted by Crippen LogP contribution is -2.42. The zero-order valence-electron chi connectivity index (χ0n) is 16.6. The van der Waals surface area contributed by atoms with Crippen molar-refractivity contribution in [2.75, 3.05) is 6.54 Å². The van der Waals surface area contributed by atoms with E-state index in [9.17, 15) is 9.59 Å². The molecule has 25 heavy (non-hydrogen) atoms. The number of hydrogen-bond donors (Lipinski definition) is 1. The number of carbonyl (C=O) groups excluding carboxylic acids is 2. The maximum atomic E-state index is 12.6. The molecule has 140 valence electrons. The third-order valence-electron chi connectivity index (χ3n) is 4.38. The van der Waals surface area contributed by atoms with E-state index in [1.54, 1.807) is 0 Å². The number of nitrogens with one attached hydrogen (secondary N) is 1. The molecule has 1 aromatic carbocycles. The first-order valence-electron chi connectivity index (χ1n) is 9.28. The van der Waals surface area contributed by atoms with Crippen molar-refractivity contribution in [1.29, 1.82) is 0 Å². The molecule has 2 unspecified atom stereocenters. The summed E-state index contributed by atoms with van der Waals surface area (Å²) < 4.78 is 0. The van der Waals surface area contributed by atoms with Crippen LogP contribution in [0.4, 0.5) is 0 Å². The zero-order chi connectivity index (χ0) is 19.0. The first-order chi connectivity index (χ1) is 11.6. The van der Waals surface area contributed by atoms with Crippen LogP contribution in [-0.2, 0) is 9.59 Å². The Labute approximate surface area is 153 Å². The zero-order valence-corrected chi connectivity index (χ0v) is 16.6. The molecule has 0 aromatic heterocycles. The highest BCUT2D eigenvalue weighted by atomic mass is 16.2. The van der Waals surface area contributed by atoms with Crippen LogP contribution >= 0.6 is 0 Å². The van der Waals surface area contributed by atoms with E-state index in [2.05, 4.69) is 33.0 Å². The monoisotopic (exact) mass is 346 g/mol. The van der Waals surface area contributed by atoms with Crippen LogP contribution < -0.4 is 5.32 Å². The molecule has 0 fully saturated rings. The van der Waals surface area contributed by atoms with Gasteiger partial charge in [0.05, 0.1) is 6.04 Å².